The topological polar surface area (TPSA) is 35.5 Å². The molecule has 6 heteroatoms. The van der Waals surface area contributed by atoms with Crippen LogP contribution < -0.4 is 0 Å². The minimum atomic E-state index is -3.03. The third-order valence-electron chi connectivity index (χ3n) is 2.69. The normalized spacial score (nSPS) is 19.7. The Morgan fingerprint density at radius 3 is 1.41 bits per heavy atom. The van der Waals surface area contributed by atoms with Crippen LogP contribution in [0.5, 0.6) is 0 Å². The third kappa shape index (κ3) is 14.6. The third-order valence-corrected chi connectivity index (χ3v) is 10.8. The van der Waals surface area contributed by atoms with Crippen LogP contribution in [-0.4, -0.2) is 59.5 Å². The first-order valence-electron chi connectivity index (χ1n) is 8.51. The molecule has 0 amide bonds. The number of unbranched alkanes of at least 4 members (excludes halogenated alkanes) is 5. The summed E-state index contributed by atoms with van der Waals surface area (Å²) in [6.07, 6.45) is 7.63. The van der Waals surface area contributed by atoms with Crippen LogP contribution in [-0.2, 0) is 13.2 Å². The predicted molar refractivity (Wildman–Crippen MR) is 109 cm³/mol. The van der Waals surface area contributed by atoms with Gasteiger partial charge in [0.2, 0.25) is 0 Å². The summed E-state index contributed by atoms with van der Waals surface area (Å²) >= 11 is 0. The summed E-state index contributed by atoms with van der Waals surface area (Å²) < 4.78 is 25.7. The first kappa shape index (κ1) is 23.0. The van der Waals surface area contributed by atoms with Gasteiger partial charge in [0.1, 0.15) is 0 Å². The van der Waals surface area contributed by atoms with Crippen molar-refractivity contribution in [1.82, 2.24) is 0 Å². The van der Waals surface area contributed by atoms with Crippen molar-refractivity contribution in [2.45, 2.75) is 45.4 Å². The van der Waals surface area contributed by atoms with Gasteiger partial charge in [-0.15, -0.1) is 0 Å². The van der Waals surface area contributed by atoms with Crippen molar-refractivity contribution in [3.8, 4) is 0 Å². The fraction of sp³-hybridized carbons (Fsp3) is 1.00. The summed E-state index contributed by atoms with van der Waals surface area (Å²) in [5.74, 6) is 0. The fourth-order valence-corrected chi connectivity index (χ4v) is 11.8. The van der Waals surface area contributed by atoms with Gasteiger partial charge >= 0.3 is 139 Å². The average molecular weight is 374 g/mol. The Morgan fingerprint density at radius 1 is 0.682 bits per heavy atom. The molecule has 0 aliphatic heterocycles. The van der Waals surface area contributed by atoms with Crippen LogP contribution in [0.3, 0.4) is 0 Å². The van der Waals surface area contributed by atoms with Gasteiger partial charge in [-0.25, -0.2) is 0 Å². The zero-order valence-electron chi connectivity index (χ0n) is 16.5. The molecule has 0 aromatic rings. The molecule has 0 radical (unpaired) electrons. The van der Waals surface area contributed by atoms with Crippen LogP contribution in [0, 0.1) is 0 Å². The molecule has 0 spiro atoms. The minimum absolute atomic E-state index is 0.557. The van der Waals surface area contributed by atoms with Crippen molar-refractivity contribution in [2.24, 2.45) is 0 Å². The van der Waals surface area contributed by atoms with Crippen LogP contribution in [0.25, 0.3) is 0 Å². The van der Waals surface area contributed by atoms with Gasteiger partial charge in [-0.05, 0) is 0 Å². The van der Waals surface area contributed by atoms with Gasteiger partial charge < -0.3 is 0 Å². The zero-order chi connectivity index (χ0) is 17.8. The van der Waals surface area contributed by atoms with Crippen molar-refractivity contribution in [1.29, 1.82) is 0 Å². The molecule has 0 aliphatic carbocycles. The quantitative estimate of drug-likeness (QED) is 0.304. The van der Waals surface area contributed by atoms with Crippen LogP contribution in [0.2, 0.25) is 0 Å². The van der Waals surface area contributed by atoms with Crippen LogP contribution in [0.15, 0.2) is 0 Å². The maximum absolute atomic E-state index is 13.4. The van der Waals surface area contributed by atoms with E-state index >= 15 is 0 Å². The van der Waals surface area contributed by atoms with Gasteiger partial charge in [0.05, 0.1) is 0 Å². The van der Waals surface area contributed by atoms with Gasteiger partial charge in [-0.3, -0.25) is 0 Å². The summed E-state index contributed by atoms with van der Waals surface area (Å²) in [6.45, 7) is 14.3. The van der Waals surface area contributed by atoms with E-state index in [9.17, 15) is 4.57 Å². The van der Waals surface area contributed by atoms with Gasteiger partial charge in [0, 0.05) is 0 Å². The zero-order valence-corrected chi connectivity index (χ0v) is 19.2. The van der Waals surface area contributed by atoms with E-state index in [0.717, 1.165) is 12.8 Å². The molecule has 0 N–H and O–H groups in total. The van der Waals surface area contributed by atoms with Crippen molar-refractivity contribution in [3.63, 3.8) is 0 Å². The molecule has 0 aromatic heterocycles. The first-order valence-corrected chi connectivity index (χ1v) is 18.1. The molecule has 0 bridgehead atoms. The fourth-order valence-electron chi connectivity index (χ4n) is 2.18. The Labute approximate surface area is 139 Å². The Balaban J connectivity index is 4.79. The Kier molecular flexibility index (Phi) is 7.84. The summed E-state index contributed by atoms with van der Waals surface area (Å²) in [5.41, 5.74) is 0. The molecular weight excluding hydrogens is 333 g/mol. The van der Waals surface area contributed by atoms with Crippen molar-refractivity contribution >= 4 is 21.3 Å². The number of rotatable bonds is 11. The standard InChI is InChI=1S/C16H41O3P3/c1-10-11-12-13-14-15-16-20(17,18-21(2,3,4)5)19-22(6,7,8)9/h10-16H2,1-9H3. The molecule has 3 nitrogen and oxygen atoms in total. The second-order valence-electron chi connectivity index (χ2n) is 10.1. The summed E-state index contributed by atoms with van der Waals surface area (Å²) in [7, 11) is -3.03. The molecule has 22 heavy (non-hydrogen) atoms. The predicted octanol–water partition coefficient (Wildman–Crippen LogP) is 6.55. The second kappa shape index (κ2) is 7.49. The Hall–Kier alpha value is 1.01. The van der Waals surface area contributed by atoms with E-state index in [4.69, 9.17) is 8.62 Å². The molecular formula is C16H41O3P3. The summed E-state index contributed by atoms with van der Waals surface area (Å²) in [4.78, 5) is 0. The Bertz CT molecular complexity index is 356. The summed E-state index contributed by atoms with van der Waals surface area (Å²) in [6, 6.07) is 0. The SMILES string of the molecule is CCCCCCCCP(=O)(OP(C)(C)(C)C)OP(C)(C)(C)C. The van der Waals surface area contributed by atoms with Gasteiger partial charge in [0.25, 0.3) is 0 Å². The van der Waals surface area contributed by atoms with Gasteiger partial charge in [-0.2, -0.15) is 0 Å². The van der Waals surface area contributed by atoms with Gasteiger partial charge in [-0.1, -0.05) is 0 Å². The maximum atomic E-state index is 13.4. The van der Waals surface area contributed by atoms with Crippen molar-refractivity contribution in [3.05, 3.63) is 0 Å². The van der Waals surface area contributed by atoms with E-state index in [1.807, 2.05) is 0 Å². The molecule has 0 rings (SSSR count). The van der Waals surface area contributed by atoms with Crippen molar-refractivity contribution < 1.29 is 13.2 Å². The van der Waals surface area contributed by atoms with Gasteiger partial charge in [0.15, 0.2) is 0 Å². The molecule has 0 unspecified atom stereocenters. The summed E-state index contributed by atoms with van der Waals surface area (Å²) in [5, 5.41) is 0. The Morgan fingerprint density at radius 2 is 1.05 bits per heavy atom. The van der Waals surface area contributed by atoms with E-state index in [1.165, 1.54) is 25.7 Å². The van der Waals surface area contributed by atoms with Crippen LogP contribution in [0.4, 0.5) is 0 Å². The molecule has 138 valence electrons. The molecule has 0 aromatic carbocycles. The van der Waals surface area contributed by atoms with E-state index in [2.05, 4.69) is 60.2 Å². The molecule has 0 saturated carbocycles. The molecule has 0 heterocycles. The van der Waals surface area contributed by atoms with E-state index in [0.29, 0.717) is 6.16 Å². The first-order chi connectivity index (χ1) is 9.48. The molecule has 0 fully saturated rings. The van der Waals surface area contributed by atoms with Crippen LogP contribution in [0.1, 0.15) is 45.4 Å². The van der Waals surface area contributed by atoms with E-state index in [1.54, 1.807) is 0 Å². The number of hydrogen-bond acceptors (Lipinski definition) is 3. The van der Waals surface area contributed by atoms with Crippen molar-refractivity contribution in [2.75, 3.05) is 59.5 Å². The second-order valence-corrected chi connectivity index (χ2v) is 26.7. The molecule has 0 saturated heterocycles. The van der Waals surface area contributed by atoms with Crippen LogP contribution >= 0.6 is 21.3 Å². The van der Waals surface area contributed by atoms with E-state index < -0.39 is 21.3 Å². The molecule has 0 atom stereocenters. The monoisotopic (exact) mass is 374 g/mol. The molecule has 0 aliphatic rings. The van der Waals surface area contributed by atoms with E-state index in [-0.39, 0.29) is 0 Å². The average Bonchev–Trinajstić information content (AvgIpc) is 2.14. The number of hydrogen-bond donors (Lipinski definition) is 0.